The summed E-state index contributed by atoms with van der Waals surface area (Å²) in [7, 11) is 0. The van der Waals surface area contributed by atoms with Gasteiger partial charge >= 0.3 is 0 Å². The molecule has 0 amide bonds. The molecule has 0 aromatic heterocycles. The quantitative estimate of drug-likeness (QED) is 0.730. The molecule has 1 aliphatic heterocycles. The first-order valence-corrected chi connectivity index (χ1v) is 6.29. The Morgan fingerprint density at radius 2 is 2.06 bits per heavy atom. The molecule has 1 aliphatic rings. The summed E-state index contributed by atoms with van der Waals surface area (Å²) in [4.78, 5) is 12.6. The number of rotatable bonds is 2. The first-order chi connectivity index (χ1) is 8.03. The third-order valence-corrected chi connectivity index (χ3v) is 3.59. The Morgan fingerprint density at radius 3 is 2.71 bits per heavy atom. The molecule has 2 nitrogen and oxygen atoms in total. The lowest BCUT2D eigenvalue weighted by Gasteiger charge is -2.32. The smallest absolute Gasteiger partial charge is 0.194 e. The van der Waals surface area contributed by atoms with Gasteiger partial charge in [-0.2, -0.15) is 0 Å². The van der Waals surface area contributed by atoms with E-state index in [1.165, 1.54) is 0 Å². The normalized spacial score (nSPS) is 24.6. The van der Waals surface area contributed by atoms with Gasteiger partial charge in [-0.3, -0.25) is 4.79 Å². The highest BCUT2D eigenvalue weighted by Gasteiger charge is 2.37. The van der Waals surface area contributed by atoms with Gasteiger partial charge in [0.25, 0.3) is 0 Å². The Labute approximate surface area is 103 Å². The van der Waals surface area contributed by atoms with Crippen molar-refractivity contribution < 1.29 is 9.53 Å². The summed E-state index contributed by atoms with van der Waals surface area (Å²) >= 11 is 0. The molecule has 0 saturated carbocycles. The molecule has 2 heteroatoms. The maximum atomic E-state index is 12.6. The molecule has 1 heterocycles. The van der Waals surface area contributed by atoms with Crippen LogP contribution in [-0.4, -0.2) is 18.0 Å². The number of hydrogen-bond donors (Lipinski definition) is 0. The van der Waals surface area contributed by atoms with Crippen LogP contribution in [-0.2, 0) is 4.74 Å². The first-order valence-electron chi connectivity index (χ1n) is 6.29. The monoisotopic (exact) mass is 232 g/mol. The van der Waals surface area contributed by atoms with Gasteiger partial charge < -0.3 is 4.74 Å². The molecule has 1 unspecified atom stereocenters. The fraction of sp³-hybridized carbons (Fsp3) is 0.533. The third-order valence-electron chi connectivity index (χ3n) is 3.59. The van der Waals surface area contributed by atoms with E-state index in [0.29, 0.717) is 6.61 Å². The van der Waals surface area contributed by atoms with E-state index in [1.54, 1.807) is 0 Å². The lowest BCUT2D eigenvalue weighted by molar-refractivity contribution is -0.0426. The number of benzene rings is 1. The van der Waals surface area contributed by atoms with Crippen molar-refractivity contribution in [2.45, 2.75) is 45.6 Å². The van der Waals surface area contributed by atoms with Gasteiger partial charge in [-0.25, -0.2) is 0 Å². The molecule has 0 N–H and O–H groups in total. The number of Topliss-reactive ketones (excluding diaryl/α,β-unsaturated/α-hetero) is 1. The molecule has 92 valence electrons. The van der Waals surface area contributed by atoms with Crippen molar-refractivity contribution in [3.63, 3.8) is 0 Å². The van der Waals surface area contributed by atoms with Crippen molar-refractivity contribution in [2.75, 3.05) is 6.61 Å². The van der Waals surface area contributed by atoms with Crippen LogP contribution in [0.2, 0.25) is 0 Å². The minimum Gasteiger partial charge on any atom is -0.367 e. The molecule has 1 saturated heterocycles. The molecule has 1 aromatic carbocycles. The predicted molar refractivity (Wildman–Crippen MR) is 68.5 cm³/mol. The Bertz CT molecular complexity index is 429. The summed E-state index contributed by atoms with van der Waals surface area (Å²) in [5.74, 6) is 0.137. The van der Waals surface area contributed by atoms with E-state index in [1.807, 2.05) is 39.0 Å². The third kappa shape index (κ3) is 2.42. The molecule has 1 aromatic rings. The van der Waals surface area contributed by atoms with Gasteiger partial charge in [0.05, 0.1) is 0 Å². The fourth-order valence-corrected chi connectivity index (χ4v) is 2.38. The van der Waals surface area contributed by atoms with Crippen LogP contribution in [0.5, 0.6) is 0 Å². The standard InChI is InChI=1S/C15H20O2/c1-11-6-7-12(2)13(10-11)14(16)15(3)8-4-5-9-17-15/h6-7,10H,4-5,8-9H2,1-3H3. The zero-order valence-electron chi connectivity index (χ0n) is 10.9. The summed E-state index contributed by atoms with van der Waals surface area (Å²) in [6, 6.07) is 6.02. The van der Waals surface area contributed by atoms with Crippen LogP contribution in [0.1, 0.15) is 47.7 Å². The second-order valence-corrected chi connectivity index (χ2v) is 5.18. The van der Waals surface area contributed by atoms with E-state index in [2.05, 4.69) is 0 Å². The summed E-state index contributed by atoms with van der Waals surface area (Å²) in [6.07, 6.45) is 2.97. The first kappa shape index (κ1) is 12.3. The van der Waals surface area contributed by atoms with Crippen molar-refractivity contribution in [1.29, 1.82) is 0 Å². The van der Waals surface area contributed by atoms with E-state index in [-0.39, 0.29) is 5.78 Å². The molecule has 0 radical (unpaired) electrons. The summed E-state index contributed by atoms with van der Waals surface area (Å²) in [5.41, 5.74) is 2.36. The Hall–Kier alpha value is -1.15. The lowest BCUT2D eigenvalue weighted by atomic mass is 9.86. The zero-order chi connectivity index (χ0) is 12.5. The van der Waals surface area contributed by atoms with Crippen molar-refractivity contribution in [3.8, 4) is 0 Å². The maximum Gasteiger partial charge on any atom is 0.194 e. The molecule has 2 rings (SSSR count). The van der Waals surface area contributed by atoms with Crippen LogP contribution in [0.4, 0.5) is 0 Å². The lowest BCUT2D eigenvalue weighted by Crippen LogP contribution is -2.41. The average Bonchev–Trinajstić information content (AvgIpc) is 2.32. The summed E-state index contributed by atoms with van der Waals surface area (Å²) in [5, 5.41) is 0. The molecule has 1 atom stereocenters. The fourth-order valence-electron chi connectivity index (χ4n) is 2.38. The highest BCUT2D eigenvalue weighted by Crippen LogP contribution is 2.29. The van der Waals surface area contributed by atoms with Crippen LogP contribution in [0.15, 0.2) is 18.2 Å². The molecule has 17 heavy (non-hydrogen) atoms. The number of carbonyl (C=O) groups is 1. The maximum absolute atomic E-state index is 12.6. The van der Waals surface area contributed by atoms with Gasteiger partial charge in [-0.05, 0) is 51.7 Å². The van der Waals surface area contributed by atoms with E-state index in [9.17, 15) is 4.79 Å². The molecular formula is C15H20O2. The Kier molecular flexibility index (Phi) is 3.34. The van der Waals surface area contributed by atoms with Crippen LogP contribution in [0.25, 0.3) is 0 Å². The van der Waals surface area contributed by atoms with Gasteiger partial charge in [0.2, 0.25) is 0 Å². The van der Waals surface area contributed by atoms with Crippen LogP contribution >= 0.6 is 0 Å². The molecular weight excluding hydrogens is 212 g/mol. The Morgan fingerprint density at radius 1 is 1.29 bits per heavy atom. The topological polar surface area (TPSA) is 26.3 Å². The predicted octanol–water partition coefficient (Wildman–Crippen LogP) is 3.45. The summed E-state index contributed by atoms with van der Waals surface area (Å²) < 4.78 is 5.73. The number of ether oxygens (including phenoxy) is 1. The van der Waals surface area contributed by atoms with E-state index >= 15 is 0 Å². The van der Waals surface area contributed by atoms with E-state index in [0.717, 1.165) is 36.0 Å². The SMILES string of the molecule is Cc1ccc(C)c(C(=O)C2(C)CCCCO2)c1. The van der Waals surface area contributed by atoms with Crippen molar-refractivity contribution in [2.24, 2.45) is 0 Å². The van der Waals surface area contributed by atoms with Gasteiger partial charge in [0.15, 0.2) is 5.78 Å². The highest BCUT2D eigenvalue weighted by molar-refractivity contribution is 6.03. The van der Waals surface area contributed by atoms with Gasteiger partial charge in [0, 0.05) is 12.2 Å². The second-order valence-electron chi connectivity index (χ2n) is 5.18. The van der Waals surface area contributed by atoms with E-state index < -0.39 is 5.60 Å². The average molecular weight is 232 g/mol. The van der Waals surface area contributed by atoms with E-state index in [4.69, 9.17) is 4.74 Å². The number of hydrogen-bond acceptors (Lipinski definition) is 2. The van der Waals surface area contributed by atoms with Gasteiger partial charge in [-0.1, -0.05) is 17.7 Å². The largest absolute Gasteiger partial charge is 0.367 e. The minimum atomic E-state index is -0.614. The molecule has 0 aliphatic carbocycles. The highest BCUT2D eigenvalue weighted by atomic mass is 16.5. The van der Waals surface area contributed by atoms with Crippen molar-refractivity contribution >= 4 is 5.78 Å². The molecule has 1 fully saturated rings. The van der Waals surface area contributed by atoms with Crippen LogP contribution < -0.4 is 0 Å². The molecule has 0 spiro atoms. The number of aryl methyl sites for hydroxylation is 2. The van der Waals surface area contributed by atoms with Gasteiger partial charge in [-0.15, -0.1) is 0 Å². The number of ketones is 1. The van der Waals surface area contributed by atoms with Crippen molar-refractivity contribution in [3.05, 3.63) is 34.9 Å². The minimum absolute atomic E-state index is 0.137. The second kappa shape index (κ2) is 4.61. The summed E-state index contributed by atoms with van der Waals surface area (Å²) in [6.45, 7) is 6.63. The Balaban J connectivity index is 2.32. The van der Waals surface area contributed by atoms with Gasteiger partial charge in [0.1, 0.15) is 5.60 Å². The van der Waals surface area contributed by atoms with Crippen molar-refractivity contribution in [1.82, 2.24) is 0 Å². The van der Waals surface area contributed by atoms with Crippen LogP contribution in [0.3, 0.4) is 0 Å². The zero-order valence-corrected chi connectivity index (χ0v) is 10.9. The molecule has 0 bridgehead atoms. The van der Waals surface area contributed by atoms with Crippen LogP contribution in [0, 0.1) is 13.8 Å². The number of carbonyl (C=O) groups excluding carboxylic acids is 1.